The fourth-order valence-corrected chi connectivity index (χ4v) is 1.62. The van der Waals surface area contributed by atoms with E-state index in [4.69, 9.17) is 11.2 Å². The van der Waals surface area contributed by atoms with E-state index in [9.17, 15) is 4.79 Å². The van der Waals surface area contributed by atoms with Crippen molar-refractivity contribution in [3.05, 3.63) is 11.6 Å². The zero-order chi connectivity index (χ0) is 14.1. The number of carbonyl (C=O) groups excluding carboxylic acids is 1. The van der Waals surface area contributed by atoms with Crippen LogP contribution in [0, 0.1) is 24.2 Å². The van der Waals surface area contributed by atoms with E-state index in [-0.39, 0.29) is 17.8 Å². The van der Waals surface area contributed by atoms with E-state index in [1.807, 2.05) is 27.7 Å². The highest BCUT2D eigenvalue weighted by Crippen LogP contribution is 2.15. The molecule has 0 radical (unpaired) electrons. The van der Waals surface area contributed by atoms with Crippen molar-refractivity contribution in [1.82, 2.24) is 0 Å². The third kappa shape index (κ3) is 6.61. The molecule has 0 amide bonds. The molecule has 0 bridgehead atoms. The lowest BCUT2D eigenvalue weighted by Crippen LogP contribution is -2.20. The van der Waals surface area contributed by atoms with Gasteiger partial charge in [0, 0.05) is 25.4 Å². The molecule has 0 aliphatic rings. The molecule has 0 heterocycles. The maximum absolute atomic E-state index is 11.7. The second-order valence-corrected chi connectivity index (χ2v) is 5.14. The van der Waals surface area contributed by atoms with E-state index >= 15 is 0 Å². The van der Waals surface area contributed by atoms with E-state index < -0.39 is 0 Å². The van der Waals surface area contributed by atoms with Gasteiger partial charge in [-0.1, -0.05) is 26.8 Å². The van der Waals surface area contributed by atoms with Gasteiger partial charge in [-0.3, -0.25) is 4.79 Å². The third-order valence-corrected chi connectivity index (χ3v) is 3.17. The minimum Gasteiger partial charge on any atom is -0.377 e. The van der Waals surface area contributed by atoms with Gasteiger partial charge in [0.15, 0.2) is 0 Å². The average molecular weight is 250 g/mol. The summed E-state index contributed by atoms with van der Waals surface area (Å²) in [7, 11) is 1.65. The van der Waals surface area contributed by atoms with Crippen molar-refractivity contribution < 1.29 is 9.53 Å². The molecule has 2 nitrogen and oxygen atoms in total. The van der Waals surface area contributed by atoms with Crippen LogP contribution in [0.4, 0.5) is 0 Å². The molecule has 102 valence electrons. The summed E-state index contributed by atoms with van der Waals surface area (Å²) in [6.07, 6.45) is 9.74. The van der Waals surface area contributed by atoms with Crippen molar-refractivity contribution in [3.63, 3.8) is 0 Å². The van der Waals surface area contributed by atoms with Gasteiger partial charge in [0.1, 0.15) is 5.78 Å². The predicted octanol–water partition coefficient (Wildman–Crippen LogP) is 3.61. The van der Waals surface area contributed by atoms with E-state index in [0.29, 0.717) is 12.3 Å². The highest BCUT2D eigenvalue weighted by atomic mass is 16.5. The van der Waals surface area contributed by atoms with Crippen LogP contribution in [-0.2, 0) is 9.53 Å². The molecule has 2 atom stereocenters. The van der Waals surface area contributed by atoms with Crippen LogP contribution in [0.3, 0.4) is 0 Å². The quantitative estimate of drug-likeness (QED) is 0.486. The molecular weight excluding hydrogens is 224 g/mol. The summed E-state index contributed by atoms with van der Waals surface area (Å²) in [5.74, 6) is 3.32. The third-order valence-electron chi connectivity index (χ3n) is 3.17. The highest BCUT2D eigenvalue weighted by molar-refractivity contribution is 5.81. The van der Waals surface area contributed by atoms with Gasteiger partial charge in [-0.05, 0) is 25.3 Å². The van der Waals surface area contributed by atoms with Crippen LogP contribution in [0.2, 0.25) is 0 Å². The molecule has 0 unspecified atom stereocenters. The zero-order valence-electron chi connectivity index (χ0n) is 12.3. The number of ketones is 1. The van der Waals surface area contributed by atoms with Crippen LogP contribution in [0.15, 0.2) is 11.6 Å². The van der Waals surface area contributed by atoms with Gasteiger partial charge < -0.3 is 4.74 Å². The molecule has 2 heteroatoms. The Morgan fingerprint density at radius 3 is 2.44 bits per heavy atom. The summed E-state index contributed by atoms with van der Waals surface area (Å²) in [5.41, 5.74) is 1.12. The van der Waals surface area contributed by atoms with Crippen LogP contribution in [-0.4, -0.2) is 19.0 Å². The van der Waals surface area contributed by atoms with E-state index in [0.717, 1.165) is 18.4 Å². The molecular formula is C16H26O2. The number of carbonyl (C=O) groups is 1. The van der Waals surface area contributed by atoms with Crippen molar-refractivity contribution in [1.29, 1.82) is 0 Å². The van der Waals surface area contributed by atoms with E-state index in [1.54, 1.807) is 7.11 Å². The monoisotopic (exact) mass is 250 g/mol. The second-order valence-electron chi connectivity index (χ2n) is 5.14. The molecule has 0 aromatic heterocycles. The molecule has 18 heavy (non-hydrogen) atoms. The molecule has 0 spiro atoms. The highest BCUT2D eigenvalue weighted by Gasteiger charge is 2.16. The molecule has 0 aliphatic heterocycles. The molecule has 0 rings (SSSR count). The number of hydrogen-bond acceptors (Lipinski definition) is 2. The van der Waals surface area contributed by atoms with Crippen LogP contribution < -0.4 is 0 Å². The normalized spacial score (nSPS) is 15.3. The number of rotatable bonds is 8. The van der Waals surface area contributed by atoms with Crippen molar-refractivity contribution in [2.24, 2.45) is 11.8 Å². The Morgan fingerprint density at radius 2 is 2.00 bits per heavy atom. The van der Waals surface area contributed by atoms with Crippen molar-refractivity contribution in [2.75, 3.05) is 7.11 Å². The number of allylic oxidation sites excluding steroid dienone is 1. The SMILES string of the molecule is C#C[C@H](C)CC/C=C(\C)[C@@H](CC(=O)C(C)C)OC. The first-order valence-electron chi connectivity index (χ1n) is 6.60. The van der Waals surface area contributed by atoms with Gasteiger partial charge in [0.25, 0.3) is 0 Å². The number of Topliss-reactive ketones (excluding diaryl/α,β-unsaturated/α-hetero) is 1. The van der Waals surface area contributed by atoms with Gasteiger partial charge in [0.2, 0.25) is 0 Å². The fraction of sp³-hybridized carbons (Fsp3) is 0.688. The molecule has 0 aromatic rings. The Morgan fingerprint density at radius 1 is 1.39 bits per heavy atom. The topological polar surface area (TPSA) is 26.3 Å². The first-order chi connectivity index (χ1) is 8.42. The van der Waals surface area contributed by atoms with Crippen LogP contribution in [0.25, 0.3) is 0 Å². The molecule has 0 saturated carbocycles. The van der Waals surface area contributed by atoms with Crippen LogP contribution in [0.1, 0.15) is 47.0 Å². The number of methoxy groups -OCH3 is 1. The Labute approximate surface area is 112 Å². The van der Waals surface area contributed by atoms with Crippen molar-refractivity contribution in [2.45, 2.75) is 53.1 Å². The summed E-state index contributed by atoms with van der Waals surface area (Å²) in [6.45, 7) is 7.90. The van der Waals surface area contributed by atoms with Crippen molar-refractivity contribution >= 4 is 5.78 Å². The number of ether oxygens (including phenoxy) is 1. The standard InChI is InChI=1S/C16H26O2/c1-7-13(4)9-8-10-14(5)16(18-6)11-15(17)12(2)3/h1,10,12-13,16H,8-9,11H2,2-6H3/b14-10+/t13-,16+/m0/s1. The second kappa shape index (κ2) is 8.94. The molecule has 0 fully saturated rings. The van der Waals surface area contributed by atoms with Gasteiger partial charge in [-0.2, -0.15) is 0 Å². The number of hydrogen-bond donors (Lipinski definition) is 0. The summed E-state index contributed by atoms with van der Waals surface area (Å²) >= 11 is 0. The lowest BCUT2D eigenvalue weighted by Gasteiger charge is -2.17. The maximum atomic E-state index is 11.7. The minimum absolute atomic E-state index is 0.0666. The Kier molecular flexibility index (Phi) is 8.41. The Bertz CT molecular complexity index is 320. The summed E-state index contributed by atoms with van der Waals surface area (Å²) < 4.78 is 5.39. The van der Waals surface area contributed by atoms with Gasteiger partial charge >= 0.3 is 0 Å². The fourth-order valence-electron chi connectivity index (χ4n) is 1.62. The maximum Gasteiger partial charge on any atom is 0.138 e. The summed E-state index contributed by atoms with van der Waals surface area (Å²) in [5, 5.41) is 0. The predicted molar refractivity (Wildman–Crippen MR) is 76.2 cm³/mol. The van der Waals surface area contributed by atoms with Gasteiger partial charge in [-0.15, -0.1) is 12.3 Å². The largest absolute Gasteiger partial charge is 0.377 e. The Hall–Kier alpha value is -1.07. The van der Waals surface area contributed by atoms with Gasteiger partial charge in [0.05, 0.1) is 6.10 Å². The summed E-state index contributed by atoms with van der Waals surface area (Å²) in [6, 6.07) is 0. The minimum atomic E-state index is -0.0963. The molecule has 0 N–H and O–H groups in total. The number of terminal acetylenes is 1. The summed E-state index contributed by atoms with van der Waals surface area (Å²) in [4.78, 5) is 11.7. The van der Waals surface area contributed by atoms with Crippen LogP contribution in [0.5, 0.6) is 0 Å². The molecule has 0 saturated heterocycles. The molecule has 0 aliphatic carbocycles. The first-order valence-corrected chi connectivity index (χ1v) is 6.60. The van der Waals surface area contributed by atoms with E-state index in [2.05, 4.69) is 12.0 Å². The smallest absolute Gasteiger partial charge is 0.138 e. The van der Waals surface area contributed by atoms with E-state index in [1.165, 1.54) is 0 Å². The van der Waals surface area contributed by atoms with Crippen LogP contribution >= 0.6 is 0 Å². The Balaban J connectivity index is 4.34. The zero-order valence-corrected chi connectivity index (χ0v) is 12.3. The average Bonchev–Trinajstić information content (AvgIpc) is 2.34. The lowest BCUT2D eigenvalue weighted by molar-refractivity contribution is -0.123. The lowest BCUT2D eigenvalue weighted by atomic mass is 9.97. The van der Waals surface area contributed by atoms with Gasteiger partial charge in [-0.25, -0.2) is 0 Å². The molecule has 0 aromatic carbocycles. The van der Waals surface area contributed by atoms with Crippen molar-refractivity contribution in [3.8, 4) is 12.3 Å². The first kappa shape index (κ1) is 16.9.